The van der Waals surface area contributed by atoms with Crippen LogP contribution in [0.3, 0.4) is 0 Å². The number of piperazine rings is 1. The molecule has 3 amide bonds. The Morgan fingerprint density at radius 3 is 2.03 bits per heavy atom. The van der Waals surface area contributed by atoms with Gasteiger partial charge in [-0.15, -0.1) is 0 Å². The number of rotatable bonds is 4. The molecule has 8 nitrogen and oxygen atoms in total. The van der Waals surface area contributed by atoms with Gasteiger partial charge in [-0.25, -0.2) is 9.97 Å². The summed E-state index contributed by atoms with van der Waals surface area (Å²) in [6.07, 6.45) is 0.125. The average molecular weight is 429 g/mol. The molecule has 0 bridgehead atoms. The van der Waals surface area contributed by atoms with E-state index in [1.54, 1.807) is 29.2 Å². The molecule has 1 fully saturated rings. The summed E-state index contributed by atoms with van der Waals surface area (Å²) < 4.78 is 0. The first kappa shape index (κ1) is 20.1. The lowest BCUT2D eigenvalue weighted by Crippen LogP contribution is -2.49. The number of benzene rings is 2. The topological polar surface area (TPSA) is 86.7 Å². The monoisotopic (exact) mass is 429 g/mol. The number of hydrogen-bond acceptors (Lipinski definition) is 6. The van der Waals surface area contributed by atoms with Crippen molar-refractivity contribution in [3.8, 4) is 0 Å². The third-order valence-corrected chi connectivity index (χ3v) is 6.08. The predicted molar refractivity (Wildman–Crippen MR) is 119 cm³/mol. The number of para-hydroxylation sites is 2. The molecule has 32 heavy (non-hydrogen) atoms. The summed E-state index contributed by atoms with van der Waals surface area (Å²) in [6.45, 7) is 4.50. The van der Waals surface area contributed by atoms with Crippen LogP contribution in [-0.4, -0.2) is 70.2 Å². The number of aromatic nitrogens is 2. The predicted octanol–water partition coefficient (Wildman–Crippen LogP) is 2.27. The van der Waals surface area contributed by atoms with Crippen LogP contribution in [0.2, 0.25) is 0 Å². The minimum Gasteiger partial charge on any atom is -0.352 e. The van der Waals surface area contributed by atoms with Crippen molar-refractivity contribution in [3.05, 3.63) is 65.4 Å². The van der Waals surface area contributed by atoms with Crippen molar-refractivity contribution in [1.29, 1.82) is 0 Å². The molecule has 2 aromatic carbocycles. The van der Waals surface area contributed by atoms with Crippen LogP contribution in [0.5, 0.6) is 0 Å². The molecule has 1 aromatic heterocycles. The number of fused-ring (bicyclic) bond motifs is 2. The van der Waals surface area contributed by atoms with Gasteiger partial charge in [0.15, 0.2) is 5.82 Å². The first-order valence-corrected chi connectivity index (χ1v) is 10.7. The van der Waals surface area contributed by atoms with Gasteiger partial charge >= 0.3 is 0 Å². The van der Waals surface area contributed by atoms with Gasteiger partial charge in [0.1, 0.15) is 0 Å². The van der Waals surface area contributed by atoms with Crippen molar-refractivity contribution >= 4 is 34.6 Å². The summed E-state index contributed by atoms with van der Waals surface area (Å²) in [5.41, 5.74) is 3.41. The quantitative estimate of drug-likeness (QED) is 0.592. The maximum atomic E-state index is 12.8. The molecule has 0 atom stereocenters. The second-order valence-electron chi connectivity index (χ2n) is 8.05. The molecule has 0 unspecified atom stereocenters. The third kappa shape index (κ3) is 3.47. The number of carbonyl (C=O) groups is 3. The molecule has 1 saturated heterocycles. The average Bonchev–Trinajstić information content (AvgIpc) is 3.07. The Morgan fingerprint density at radius 1 is 0.844 bits per heavy atom. The maximum Gasteiger partial charge on any atom is 0.261 e. The van der Waals surface area contributed by atoms with Crippen molar-refractivity contribution in [2.45, 2.75) is 13.3 Å². The van der Waals surface area contributed by atoms with Crippen LogP contribution in [0.4, 0.5) is 5.82 Å². The molecule has 5 rings (SSSR count). The molecule has 3 aromatic rings. The van der Waals surface area contributed by atoms with Crippen molar-refractivity contribution in [2.75, 3.05) is 37.6 Å². The number of carbonyl (C=O) groups excluding carboxylic acids is 3. The van der Waals surface area contributed by atoms with Crippen molar-refractivity contribution < 1.29 is 14.4 Å². The molecule has 0 N–H and O–H groups in total. The molecule has 162 valence electrons. The van der Waals surface area contributed by atoms with Gasteiger partial charge < -0.3 is 9.80 Å². The summed E-state index contributed by atoms with van der Waals surface area (Å²) in [5.74, 6) is 0.145. The number of anilines is 1. The summed E-state index contributed by atoms with van der Waals surface area (Å²) in [5, 5.41) is 0. The van der Waals surface area contributed by atoms with Gasteiger partial charge in [0, 0.05) is 39.1 Å². The Labute approximate surface area is 185 Å². The molecule has 8 heteroatoms. The van der Waals surface area contributed by atoms with E-state index in [1.165, 1.54) is 4.90 Å². The fraction of sp³-hybridized carbons (Fsp3) is 0.292. The number of imide groups is 1. The SMILES string of the molecule is Cc1nc2ccccc2nc1N1CCN(C(=O)CCN2C(=O)c3ccccc3C2=O)CC1. The molecular formula is C24H23N5O3. The number of hydrogen-bond donors (Lipinski definition) is 0. The Kier molecular flexibility index (Phi) is 5.05. The van der Waals surface area contributed by atoms with Gasteiger partial charge in [-0.3, -0.25) is 19.3 Å². The third-order valence-electron chi connectivity index (χ3n) is 6.08. The molecule has 2 aliphatic heterocycles. The van der Waals surface area contributed by atoms with E-state index in [0.29, 0.717) is 37.3 Å². The highest BCUT2D eigenvalue weighted by Crippen LogP contribution is 2.24. The van der Waals surface area contributed by atoms with Gasteiger partial charge in [-0.2, -0.15) is 0 Å². The minimum absolute atomic E-state index is 0.0532. The standard InChI is InChI=1S/C24H23N5O3/c1-16-22(26-20-9-5-4-8-19(20)25-16)28-14-12-27(13-15-28)21(30)10-11-29-23(31)17-6-2-3-7-18(17)24(29)32/h2-9H,10-15H2,1H3. The van der Waals surface area contributed by atoms with Crippen LogP contribution in [0.1, 0.15) is 32.8 Å². The van der Waals surface area contributed by atoms with Crippen LogP contribution in [-0.2, 0) is 4.79 Å². The lowest BCUT2D eigenvalue weighted by molar-refractivity contribution is -0.131. The molecule has 0 aliphatic carbocycles. The molecule has 3 heterocycles. The van der Waals surface area contributed by atoms with E-state index in [9.17, 15) is 14.4 Å². The molecule has 0 saturated carbocycles. The second-order valence-corrected chi connectivity index (χ2v) is 8.05. The smallest absolute Gasteiger partial charge is 0.261 e. The van der Waals surface area contributed by atoms with E-state index in [2.05, 4.69) is 9.88 Å². The van der Waals surface area contributed by atoms with Crippen molar-refractivity contribution in [3.63, 3.8) is 0 Å². The highest BCUT2D eigenvalue weighted by molar-refractivity contribution is 6.21. The highest BCUT2D eigenvalue weighted by atomic mass is 16.2. The lowest BCUT2D eigenvalue weighted by Gasteiger charge is -2.36. The number of aryl methyl sites for hydroxylation is 1. The van der Waals surface area contributed by atoms with Crippen molar-refractivity contribution in [2.24, 2.45) is 0 Å². The van der Waals surface area contributed by atoms with E-state index >= 15 is 0 Å². The van der Waals surface area contributed by atoms with Crippen LogP contribution >= 0.6 is 0 Å². The normalized spacial score (nSPS) is 16.1. The van der Waals surface area contributed by atoms with E-state index in [1.807, 2.05) is 31.2 Å². The van der Waals surface area contributed by atoms with Crippen molar-refractivity contribution in [1.82, 2.24) is 19.8 Å². The largest absolute Gasteiger partial charge is 0.352 e. The van der Waals surface area contributed by atoms with Crippen LogP contribution in [0.15, 0.2) is 48.5 Å². The summed E-state index contributed by atoms with van der Waals surface area (Å²) in [6, 6.07) is 14.6. The fourth-order valence-corrected chi connectivity index (χ4v) is 4.35. The number of amides is 3. The Bertz CT molecular complexity index is 1200. The molecule has 0 radical (unpaired) electrons. The Morgan fingerprint density at radius 2 is 1.41 bits per heavy atom. The fourth-order valence-electron chi connectivity index (χ4n) is 4.35. The first-order chi connectivity index (χ1) is 15.5. The summed E-state index contributed by atoms with van der Waals surface area (Å²) >= 11 is 0. The van der Waals surface area contributed by atoms with E-state index in [0.717, 1.165) is 22.5 Å². The summed E-state index contributed by atoms with van der Waals surface area (Å²) in [7, 11) is 0. The van der Waals surface area contributed by atoms with Gasteiger partial charge in [-0.1, -0.05) is 24.3 Å². The minimum atomic E-state index is -0.325. The van der Waals surface area contributed by atoms with E-state index < -0.39 is 0 Å². The lowest BCUT2D eigenvalue weighted by atomic mass is 10.1. The zero-order valence-corrected chi connectivity index (χ0v) is 17.8. The second kappa shape index (κ2) is 8.03. The highest BCUT2D eigenvalue weighted by Gasteiger charge is 2.35. The van der Waals surface area contributed by atoms with E-state index in [4.69, 9.17) is 4.98 Å². The van der Waals surface area contributed by atoms with Crippen LogP contribution < -0.4 is 4.90 Å². The Hall–Kier alpha value is -3.81. The van der Waals surface area contributed by atoms with E-state index in [-0.39, 0.29) is 30.7 Å². The van der Waals surface area contributed by atoms with Gasteiger partial charge in [0.25, 0.3) is 11.8 Å². The maximum absolute atomic E-state index is 12.8. The zero-order valence-electron chi connectivity index (χ0n) is 17.8. The molecule has 0 spiro atoms. The molecule has 2 aliphatic rings. The first-order valence-electron chi connectivity index (χ1n) is 10.7. The van der Waals surface area contributed by atoms with Crippen LogP contribution in [0, 0.1) is 6.92 Å². The summed E-state index contributed by atoms with van der Waals surface area (Å²) in [4.78, 5) is 52.3. The number of nitrogens with zero attached hydrogens (tertiary/aromatic N) is 5. The zero-order chi connectivity index (χ0) is 22.2. The van der Waals surface area contributed by atoms with Gasteiger partial charge in [-0.05, 0) is 31.2 Å². The Balaban J connectivity index is 1.19. The molecular weight excluding hydrogens is 406 g/mol. The van der Waals surface area contributed by atoms with Gasteiger partial charge in [0.2, 0.25) is 5.91 Å². The van der Waals surface area contributed by atoms with Crippen LogP contribution in [0.25, 0.3) is 11.0 Å². The van der Waals surface area contributed by atoms with Gasteiger partial charge in [0.05, 0.1) is 27.9 Å².